The van der Waals surface area contributed by atoms with Crippen LogP contribution in [0.3, 0.4) is 0 Å². The number of benzene rings is 1. The highest BCUT2D eigenvalue weighted by molar-refractivity contribution is 7.77. The largest absolute Gasteiger partial charge is 0.331 e. The normalized spacial score (nSPS) is 17.3. The lowest BCUT2D eigenvalue weighted by Crippen LogP contribution is -2.10. The SMILES string of the molecule is C[P@@](=O)(Nc1ccc(Cl)cc1)c1nc2c(s1)CCCC2. The van der Waals surface area contributed by atoms with Gasteiger partial charge in [-0.3, -0.25) is 4.57 Å². The Balaban J connectivity index is 1.85. The maximum absolute atomic E-state index is 12.9. The van der Waals surface area contributed by atoms with Gasteiger partial charge in [0.05, 0.1) is 5.69 Å². The Bertz CT molecular complexity index is 645. The van der Waals surface area contributed by atoms with Gasteiger partial charge in [-0.1, -0.05) is 11.6 Å². The quantitative estimate of drug-likeness (QED) is 0.854. The molecule has 0 fully saturated rings. The molecule has 2 aromatic rings. The number of hydrogen-bond acceptors (Lipinski definition) is 3. The fourth-order valence-electron chi connectivity index (χ4n) is 2.34. The van der Waals surface area contributed by atoms with E-state index in [4.69, 9.17) is 11.6 Å². The molecule has 3 rings (SSSR count). The molecule has 20 heavy (non-hydrogen) atoms. The monoisotopic (exact) mass is 326 g/mol. The van der Waals surface area contributed by atoms with Crippen molar-refractivity contribution < 1.29 is 4.57 Å². The van der Waals surface area contributed by atoms with Gasteiger partial charge >= 0.3 is 0 Å². The first kappa shape index (κ1) is 14.1. The van der Waals surface area contributed by atoms with Crippen LogP contribution in [0.4, 0.5) is 5.69 Å². The summed E-state index contributed by atoms with van der Waals surface area (Å²) in [4.78, 5) is 5.91. The zero-order valence-corrected chi connectivity index (χ0v) is 13.7. The number of thiazole rings is 1. The summed E-state index contributed by atoms with van der Waals surface area (Å²) in [5.41, 5.74) is 1.96. The lowest BCUT2D eigenvalue weighted by Gasteiger charge is -2.13. The fourth-order valence-corrected chi connectivity index (χ4v) is 5.57. The summed E-state index contributed by atoms with van der Waals surface area (Å²) in [6.07, 6.45) is 4.50. The molecule has 1 N–H and O–H groups in total. The maximum atomic E-state index is 12.9. The number of aromatic nitrogens is 1. The van der Waals surface area contributed by atoms with Gasteiger partial charge in [0.15, 0.2) is 4.75 Å². The Hall–Kier alpha value is -0.830. The third-order valence-corrected chi connectivity index (χ3v) is 7.43. The molecule has 1 aliphatic rings. The molecular weight excluding hydrogens is 311 g/mol. The van der Waals surface area contributed by atoms with Crippen molar-refractivity contribution in [2.45, 2.75) is 25.7 Å². The van der Waals surface area contributed by atoms with E-state index < -0.39 is 7.29 Å². The molecule has 0 aliphatic heterocycles. The van der Waals surface area contributed by atoms with E-state index in [2.05, 4.69) is 10.1 Å². The molecule has 1 aliphatic carbocycles. The molecule has 0 bridgehead atoms. The molecule has 1 atom stereocenters. The maximum Gasteiger partial charge on any atom is 0.223 e. The van der Waals surface area contributed by atoms with E-state index >= 15 is 0 Å². The summed E-state index contributed by atoms with van der Waals surface area (Å²) in [7, 11) is -2.67. The van der Waals surface area contributed by atoms with Crippen LogP contribution < -0.4 is 9.84 Å². The van der Waals surface area contributed by atoms with Crippen molar-refractivity contribution >= 4 is 40.7 Å². The van der Waals surface area contributed by atoms with Gasteiger partial charge in [-0.05, 0) is 49.9 Å². The minimum absolute atomic E-state index is 0.672. The van der Waals surface area contributed by atoms with E-state index in [0.717, 1.165) is 29.0 Å². The predicted molar refractivity (Wildman–Crippen MR) is 87.0 cm³/mol. The number of halogens is 1. The van der Waals surface area contributed by atoms with E-state index in [1.54, 1.807) is 30.1 Å². The number of fused-ring (bicyclic) bond motifs is 1. The van der Waals surface area contributed by atoms with Crippen molar-refractivity contribution in [2.24, 2.45) is 0 Å². The van der Waals surface area contributed by atoms with Gasteiger partial charge in [0.1, 0.15) is 0 Å². The van der Waals surface area contributed by atoms with Gasteiger partial charge in [0.25, 0.3) is 0 Å². The van der Waals surface area contributed by atoms with Crippen LogP contribution >= 0.6 is 30.2 Å². The van der Waals surface area contributed by atoms with Crippen LogP contribution in [0.15, 0.2) is 24.3 Å². The molecule has 3 nitrogen and oxygen atoms in total. The zero-order valence-electron chi connectivity index (χ0n) is 11.2. The smallest absolute Gasteiger partial charge is 0.223 e. The fraction of sp³-hybridized carbons (Fsp3) is 0.357. The summed E-state index contributed by atoms with van der Waals surface area (Å²) >= 11 is 7.46. The summed E-state index contributed by atoms with van der Waals surface area (Å²) in [6.45, 7) is 1.74. The van der Waals surface area contributed by atoms with Gasteiger partial charge < -0.3 is 5.09 Å². The van der Waals surface area contributed by atoms with Gasteiger partial charge in [0.2, 0.25) is 7.29 Å². The van der Waals surface area contributed by atoms with Crippen LogP contribution in [0, 0.1) is 0 Å². The van der Waals surface area contributed by atoms with E-state index in [0.29, 0.717) is 5.02 Å². The first-order valence-electron chi connectivity index (χ1n) is 6.65. The summed E-state index contributed by atoms with van der Waals surface area (Å²) < 4.78 is 13.6. The summed E-state index contributed by atoms with van der Waals surface area (Å²) in [5.74, 6) is 0. The number of hydrogen-bond donors (Lipinski definition) is 1. The Labute approximate surface area is 127 Å². The van der Waals surface area contributed by atoms with Crippen LogP contribution in [0.1, 0.15) is 23.4 Å². The molecule has 0 amide bonds. The minimum Gasteiger partial charge on any atom is -0.331 e. The number of nitrogens with zero attached hydrogens (tertiary/aromatic N) is 1. The van der Waals surface area contributed by atoms with Gasteiger partial charge in [-0.15, -0.1) is 11.3 Å². The second-order valence-corrected chi connectivity index (χ2v) is 9.43. The van der Waals surface area contributed by atoms with Crippen molar-refractivity contribution in [3.8, 4) is 0 Å². The van der Waals surface area contributed by atoms with Crippen LogP contribution in [-0.2, 0) is 17.4 Å². The Morgan fingerprint density at radius 2 is 1.95 bits per heavy atom. The third-order valence-electron chi connectivity index (χ3n) is 3.39. The predicted octanol–water partition coefficient (Wildman–Crippen LogP) is 4.32. The molecule has 0 radical (unpaired) electrons. The Kier molecular flexibility index (Phi) is 3.89. The van der Waals surface area contributed by atoms with E-state index in [-0.39, 0.29) is 0 Å². The number of rotatable bonds is 3. The van der Waals surface area contributed by atoms with E-state index in [9.17, 15) is 4.57 Å². The highest BCUT2D eigenvalue weighted by Crippen LogP contribution is 2.43. The molecule has 0 spiro atoms. The zero-order chi connectivity index (χ0) is 14.2. The van der Waals surface area contributed by atoms with Gasteiger partial charge in [0, 0.05) is 22.3 Å². The first-order valence-corrected chi connectivity index (χ1v) is 10.00. The van der Waals surface area contributed by atoms with Crippen LogP contribution in [0.25, 0.3) is 0 Å². The lowest BCUT2D eigenvalue weighted by molar-refractivity contribution is 0.587. The van der Waals surface area contributed by atoms with Crippen LogP contribution in [-0.4, -0.2) is 11.6 Å². The first-order chi connectivity index (χ1) is 9.54. The standard InChI is InChI=1S/C14H16ClN2OPS/c1-19(18,17-11-8-6-10(15)7-9-11)14-16-12-4-2-3-5-13(12)20-14/h6-9H,2-5H2,1H3,(H,17,18)/t19-/m0/s1. The van der Waals surface area contributed by atoms with Crippen molar-refractivity contribution in [1.29, 1.82) is 0 Å². The molecule has 106 valence electrons. The Morgan fingerprint density at radius 3 is 2.65 bits per heavy atom. The average molecular weight is 327 g/mol. The third kappa shape index (κ3) is 2.93. The number of aryl methyl sites for hydroxylation is 2. The van der Waals surface area contributed by atoms with Crippen molar-refractivity contribution in [3.05, 3.63) is 39.9 Å². The second-order valence-electron chi connectivity index (χ2n) is 5.12. The van der Waals surface area contributed by atoms with Crippen LogP contribution in [0.2, 0.25) is 5.02 Å². The molecule has 1 aromatic heterocycles. The highest BCUT2D eigenvalue weighted by Gasteiger charge is 2.26. The second kappa shape index (κ2) is 5.51. The molecule has 0 saturated heterocycles. The van der Waals surface area contributed by atoms with Crippen molar-refractivity contribution in [2.75, 3.05) is 11.8 Å². The van der Waals surface area contributed by atoms with Gasteiger partial charge in [-0.2, -0.15) is 0 Å². The minimum atomic E-state index is -2.67. The van der Waals surface area contributed by atoms with Gasteiger partial charge in [-0.25, -0.2) is 4.98 Å². The molecule has 0 saturated carbocycles. The molecular formula is C14H16ClN2OPS. The lowest BCUT2D eigenvalue weighted by atomic mass is 10.0. The molecule has 1 heterocycles. The Morgan fingerprint density at radius 1 is 1.25 bits per heavy atom. The van der Waals surface area contributed by atoms with Crippen LogP contribution in [0.5, 0.6) is 0 Å². The van der Waals surface area contributed by atoms with E-state index in [1.165, 1.54) is 17.7 Å². The van der Waals surface area contributed by atoms with E-state index in [1.807, 2.05) is 12.1 Å². The topological polar surface area (TPSA) is 42.0 Å². The van der Waals surface area contributed by atoms with Crippen molar-refractivity contribution in [3.63, 3.8) is 0 Å². The molecule has 0 unspecified atom stereocenters. The highest BCUT2D eigenvalue weighted by atomic mass is 35.5. The average Bonchev–Trinajstić information content (AvgIpc) is 2.86. The summed E-state index contributed by atoms with van der Waals surface area (Å²) in [5, 5.41) is 3.79. The number of nitrogens with one attached hydrogen (secondary N) is 1. The number of anilines is 1. The molecule has 1 aromatic carbocycles. The van der Waals surface area contributed by atoms with Crippen molar-refractivity contribution in [1.82, 2.24) is 4.98 Å². The molecule has 6 heteroatoms. The summed E-state index contributed by atoms with van der Waals surface area (Å²) in [6, 6.07) is 7.26.